The monoisotopic (exact) mass is 306 g/mol. The molecule has 22 heavy (non-hydrogen) atoms. The molecule has 0 spiro atoms. The Labute approximate surface area is 132 Å². The molecule has 1 amide bonds. The van der Waals surface area contributed by atoms with E-state index in [9.17, 15) is 9.90 Å². The highest BCUT2D eigenvalue weighted by molar-refractivity contribution is 5.94. The maximum absolute atomic E-state index is 11.6. The number of amides is 1. The summed E-state index contributed by atoms with van der Waals surface area (Å²) in [6.45, 7) is 5.25. The lowest BCUT2D eigenvalue weighted by Crippen LogP contribution is -2.40. The molecule has 1 aromatic rings. The van der Waals surface area contributed by atoms with Gasteiger partial charge in [-0.25, -0.2) is 0 Å². The van der Waals surface area contributed by atoms with Crippen molar-refractivity contribution in [2.75, 3.05) is 33.3 Å². The number of hydrogen-bond acceptors (Lipinski definition) is 4. The molecule has 1 atom stereocenters. The number of nitrogens with zero attached hydrogens (tertiary/aromatic N) is 1. The molecule has 0 radical (unpaired) electrons. The van der Waals surface area contributed by atoms with Crippen molar-refractivity contribution in [3.8, 4) is 5.75 Å². The Hall–Kier alpha value is -1.59. The molecule has 2 rings (SSSR count). The number of ether oxygens (including phenoxy) is 1. The Morgan fingerprint density at radius 3 is 2.86 bits per heavy atom. The predicted octanol–water partition coefficient (Wildman–Crippen LogP) is 1.52. The third-order valence-electron chi connectivity index (χ3n) is 4.11. The first-order chi connectivity index (χ1) is 10.6. The van der Waals surface area contributed by atoms with E-state index in [4.69, 9.17) is 4.74 Å². The lowest BCUT2D eigenvalue weighted by Gasteiger charge is -2.31. The lowest BCUT2D eigenvalue weighted by molar-refractivity contribution is 0.0563. The molecular formula is C17H26N2O3. The second kappa shape index (κ2) is 8.15. The molecule has 1 heterocycles. The first-order valence-electron chi connectivity index (χ1n) is 7.94. The van der Waals surface area contributed by atoms with Gasteiger partial charge < -0.3 is 20.1 Å². The third-order valence-corrected chi connectivity index (χ3v) is 4.11. The van der Waals surface area contributed by atoms with Crippen LogP contribution in [0.4, 0.5) is 0 Å². The van der Waals surface area contributed by atoms with E-state index < -0.39 is 6.10 Å². The molecule has 2 N–H and O–H groups in total. The van der Waals surface area contributed by atoms with Crippen molar-refractivity contribution in [3.05, 3.63) is 29.8 Å². The summed E-state index contributed by atoms with van der Waals surface area (Å²) in [6.07, 6.45) is 1.88. The molecule has 1 fully saturated rings. The van der Waals surface area contributed by atoms with Crippen LogP contribution in [0.2, 0.25) is 0 Å². The maximum Gasteiger partial charge on any atom is 0.251 e. The van der Waals surface area contributed by atoms with Crippen molar-refractivity contribution in [2.45, 2.75) is 25.9 Å². The normalized spacial score (nSPS) is 18.0. The molecule has 0 aliphatic carbocycles. The van der Waals surface area contributed by atoms with E-state index in [1.807, 2.05) is 0 Å². The van der Waals surface area contributed by atoms with Gasteiger partial charge in [0.05, 0.1) is 0 Å². The third kappa shape index (κ3) is 5.00. The number of hydrogen-bond donors (Lipinski definition) is 2. The van der Waals surface area contributed by atoms with Crippen LogP contribution in [0.25, 0.3) is 0 Å². The van der Waals surface area contributed by atoms with Crippen LogP contribution in [-0.4, -0.2) is 55.3 Å². The fourth-order valence-electron chi connectivity index (χ4n) is 2.66. The second-order valence-corrected chi connectivity index (χ2v) is 6.05. The minimum absolute atomic E-state index is 0.145. The molecule has 1 aromatic carbocycles. The maximum atomic E-state index is 11.6. The zero-order chi connectivity index (χ0) is 15.9. The van der Waals surface area contributed by atoms with Gasteiger partial charge in [0.15, 0.2) is 0 Å². The molecular weight excluding hydrogens is 280 g/mol. The first-order valence-corrected chi connectivity index (χ1v) is 7.94. The average molecular weight is 306 g/mol. The van der Waals surface area contributed by atoms with Gasteiger partial charge in [0.25, 0.3) is 5.91 Å². The molecule has 5 heteroatoms. The van der Waals surface area contributed by atoms with Gasteiger partial charge in [-0.3, -0.25) is 4.79 Å². The van der Waals surface area contributed by atoms with Gasteiger partial charge in [0.1, 0.15) is 18.5 Å². The van der Waals surface area contributed by atoms with Crippen LogP contribution in [0.3, 0.4) is 0 Å². The Bertz CT molecular complexity index is 485. The summed E-state index contributed by atoms with van der Waals surface area (Å²) >= 11 is 0. The summed E-state index contributed by atoms with van der Waals surface area (Å²) in [5.74, 6) is 1.25. The quantitative estimate of drug-likeness (QED) is 0.836. The fourth-order valence-corrected chi connectivity index (χ4v) is 2.66. The Morgan fingerprint density at radius 2 is 2.18 bits per heavy atom. The summed E-state index contributed by atoms with van der Waals surface area (Å²) < 4.78 is 5.61. The number of aliphatic hydroxyl groups excluding tert-OH is 1. The fraction of sp³-hybridized carbons (Fsp3) is 0.588. The molecule has 0 bridgehead atoms. The standard InChI is InChI=1S/C17H26N2O3/c1-13-6-8-19(9-7-13)11-15(20)12-22-16-5-3-4-14(10-16)17(21)18-2/h3-5,10,13,15,20H,6-9,11-12H2,1-2H3,(H,18,21). The number of carbonyl (C=O) groups is 1. The Balaban J connectivity index is 1.78. The smallest absolute Gasteiger partial charge is 0.251 e. The van der Waals surface area contributed by atoms with E-state index >= 15 is 0 Å². The van der Waals surface area contributed by atoms with Crippen molar-refractivity contribution >= 4 is 5.91 Å². The van der Waals surface area contributed by atoms with Crippen LogP contribution in [0.5, 0.6) is 5.75 Å². The minimum Gasteiger partial charge on any atom is -0.491 e. The number of rotatable bonds is 6. The summed E-state index contributed by atoms with van der Waals surface area (Å²) in [4.78, 5) is 13.9. The summed E-state index contributed by atoms with van der Waals surface area (Å²) in [6, 6.07) is 6.99. The zero-order valence-electron chi connectivity index (χ0n) is 13.4. The van der Waals surface area contributed by atoms with E-state index in [-0.39, 0.29) is 12.5 Å². The van der Waals surface area contributed by atoms with E-state index in [2.05, 4.69) is 17.1 Å². The average Bonchev–Trinajstić information content (AvgIpc) is 2.54. The largest absolute Gasteiger partial charge is 0.491 e. The SMILES string of the molecule is CNC(=O)c1cccc(OCC(O)CN2CCC(C)CC2)c1. The van der Waals surface area contributed by atoms with Crippen LogP contribution in [-0.2, 0) is 0 Å². The summed E-state index contributed by atoms with van der Waals surface area (Å²) in [7, 11) is 1.60. The summed E-state index contributed by atoms with van der Waals surface area (Å²) in [5, 5.41) is 12.7. The van der Waals surface area contributed by atoms with Gasteiger partial charge >= 0.3 is 0 Å². The molecule has 1 unspecified atom stereocenters. The number of likely N-dealkylation sites (tertiary alicyclic amines) is 1. The molecule has 1 saturated heterocycles. The van der Waals surface area contributed by atoms with Gasteiger partial charge in [-0.15, -0.1) is 0 Å². The van der Waals surface area contributed by atoms with E-state index in [0.29, 0.717) is 17.9 Å². The second-order valence-electron chi connectivity index (χ2n) is 6.05. The van der Waals surface area contributed by atoms with E-state index in [1.54, 1.807) is 31.3 Å². The van der Waals surface area contributed by atoms with E-state index in [0.717, 1.165) is 19.0 Å². The Kier molecular flexibility index (Phi) is 6.21. The van der Waals surface area contributed by atoms with Gasteiger partial charge in [-0.05, 0) is 50.0 Å². The van der Waals surface area contributed by atoms with Gasteiger partial charge in [-0.1, -0.05) is 13.0 Å². The molecule has 0 saturated carbocycles. The van der Waals surface area contributed by atoms with Crippen LogP contribution >= 0.6 is 0 Å². The Morgan fingerprint density at radius 1 is 1.45 bits per heavy atom. The number of nitrogens with one attached hydrogen (secondary N) is 1. The van der Waals surface area contributed by atoms with Crippen molar-refractivity contribution < 1.29 is 14.6 Å². The number of carbonyl (C=O) groups excluding carboxylic acids is 1. The van der Waals surface area contributed by atoms with Crippen LogP contribution in [0.15, 0.2) is 24.3 Å². The lowest BCUT2D eigenvalue weighted by atomic mass is 9.99. The predicted molar refractivity (Wildman–Crippen MR) is 86.2 cm³/mol. The topological polar surface area (TPSA) is 61.8 Å². The molecule has 1 aliphatic rings. The molecule has 122 valence electrons. The van der Waals surface area contributed by atoms with Crippen LogP contribution in [0, 0.1) is 5.92 Å². The molecule has 0 aromatic heterocycles. The van der Waals surface area contributed by atoms with Gasteiger partial charge in [-0.2, -0.15) is 0 Å². The minimum atomic E-state index is -0.517. The molecule has 5 nitrogen and oxygen atoms in total. The number of piperidine rings is 1. The van der Waals surface area contributed by atoms with Crippen LogP contribution in [0.1, 0.15) is 30.1 Å². The highest BCUT2D eigenvalue weighted by atomic mass is 16.5. The summed E-state index contributed by atoms with van der Waals surface area (Å²) in [5.41, 5.74) is 0.555. The highest BCUT2D eigenvalue weighted by Crippen LogP contribution is 2.17. The van der Waals surface area contributed by atoms with E-state index in [1.165, 1.54) is 12.8 Å². The number of benzene rings is 1. The highest BCUT2D eigenvalue weighted by Gasteiger charge is 2.18. The zero-order valence-corrected chi connectivity index (χ0v) is 13.4. The van der Waals surface area contributed by atoms with Gasteiger partial charge in [0, 0.05) is 19.2 Å². The first kappa shape index (κ1) is 16.8. The van der Waals surface area contributed by atoms with Gasteiger partial charge in [0.2, 0.25) is 0 Å². The van der Waals surface area contributed by atoms with Crippen LogP contribution < -0.4 is 10.1 Å². The number of aliphatic hydroxyl groups is 1. The van der Waals surface area contributed by atoms with Crippen molar-refractivity contribution in [1.82, 2.24) is 10.2 Å². The van der Waals surface area contributed by atoms with Crippen molar-refractivity contribution in [1.29, 1.82) is 0 Å². The van der Waals surface area contributed by atoms with Crippen molar-refractivity contribution in [2.24, 2.45) is 5.92 Å². The molecule has 1 aliphatic heterocycles. The van der Waals surface area contributed by atoms with Crippen molar-refractivity contribution in [3.63, 3.8) is 0 Å². The number of β-amino-alcohol motifs (C(OH)–C–C–N with tert-alkyl or cyclic N) is 1.